The fourth-order valence-electron chi connectivity index (χ4n) is 1.56. The molecular weight excluding hydrogens is 271 g/mol. The van der Waals surface area contributed by atoms with Gasteiger partial charge in [-0.3, -0.25) is 0 Å². The number of nitrogens with two attached hydrogens (primary N) is 1. The summed E-state index contributed by atoms with van der Waals surface area (Å²) in [5, 5.41) is 0. The minimum atomic E-state index is -0.237. The molecule has 2 rings (SSSR count). The molecule has 0 bridgehead atoms. The van der Waals surface area contributed by atoms with Gasteiger partial charge in [0.25, 0.3) is 0 Å². The van der Waals surface area contributed by atoms with Crippen LogP contribution in [0.5, 0.6) is 0 Å². The molecule has 0 atom stereocenters. The Bertz CT molecular complexity index is 494. The number of hydrogen-bond donors (Lipinski definition) is 1. The van der Waals surface area contributed by atoms with Crippen molar-refractivity contribution in [2.24, 2.45) is 5.73 Å². The molecule has 0 amide bonds. The van der Waals surface area contributed by atoms with E-state index in [0.29, 0.717) is 11.0 Å². The fourth-order valence-corrected chi connectivity index (χ4v) is 1.98. The van der Waals surface area contributed by atoms with Crippen molar-refractivity contribution >= 4 is 15.9 Å². The third-order valence-corrected chi connectivity index (χ3v) is 3.00. The molecule has 0 aliphatic heterocycles. The summed E-state index contributed by atoms with van der Waals surface area (Å²) in [5.74, 6) is -0.237. The van der Waals surface area contributed by atoms with Crippen LogP contribution in [0.15, 0.2) is 41.1 Å². The van der Waals surface area contributed by atoms with Crippen LogP contribution in [0.25, 0.3) is 0 Å². The van der Waals surface area contributed by atoms with E-state index in [4.69, 9.17) is 5.73 Å². The number of benzene rings is 1. The van der Waals surface area contributed by atoms with Crippen LogP contribution in [0.1, 0.15) is 11.1 Å². The van der Waals surface area contributed by atoms with Crippen molar-refractivity contribution in [1.29, 1.82) is 0 Å². The van der Waals surface area contributed by atoms with Crippen LogP contribution in [0.2, 0.25) is 0 Å². The molecule has 16 heavy (non-hydrogen) atoms. The first-order valence-corrected chi connectivity index (χ1v) is 5.77. The van der Waals surface area contributed by atoms with E-state index in [2.05, 4.69) is 15.9 Å². The zero-order chi connectivity index (χ0) is 11.5. The molecule has 0 fully saturated rings. The Balaban J connectivity index is 2.17. The molecule has 2 aromatic rings. The normalized spacial score (nSPS) is 10.7. The topological polar surface area (TPSA) is 30.9 Å². The van der Waals surface area contributed by atoms with Crippen LogP contribution in [0.3, 0.4) is 0 Å². The maximum absolute atomic E-state index is 13.0. The lowest BCUT2D eigenvalue weighted by atomic mass is 10.2. The Hall–Kier alpha value is -1.13. The molecule has 0 radical (unpaired) electrons. The third-order valence-electron chi connectivity index (χ3n) is 2.40. The monoisotopic (exact) mass is 282 g/mol. The smallest absolute Gasteiger partial charge is 0.137 e. The number of hydrogen-bond acceptors (Lipinski definition) is 1. The number of aromatic nitrogens is 1. The zero-order valence-corrected chi connectivity index (χ0v) is 10.2. The van der Waals surface area contributed by atoms with Crippen molar-refractivity contribution in [3.63, 3.8) is 0 Å². The van der Waals surface area contributed by atoms with E-state index in [1.165, 1.54) is 6.07 Å². The van der Waals surface area contributed by atoms with Crippen molar-refractivity contribution in [3.05, 3.63) is 58.1 Å². The van der Waals surface area contributed by atoms with Gasteiger partial charge in [0, 0.05) is 25.5 Å². The van der Waals surface area contributed by atoms with Crippen molar-refractivity contribution in [3.8, 4) is 0 Å². The lowest BCUT2D eigenvalue weighted by Crippen LogP contribution is -1.98. The second-order valence-corrected chi connectivity index (χ2v) is 4.50. The van der Waals surface area contributed by atoms with E-state index in [9.17, 15) is 4.39 Å². The third kappa shape index (κ3) is 2.51. The van der Waals surface area contributed by atoms with Gasteiger partial charge < -0.3 is 10.3 Å². The minimum Gasteiger partial charge on any atom is -0.350 e. The van der Waals surface area contributed by atoms with Crippen LogP contribution in [0.4, 0.5) is 4.39 Å². The molecule has 0 aliphatic rings. The van der Waals surface area contributed by atoms with Crippen molar-refractivity contribution < 1.29 is 4.39 Å². The Labute approximate surface area is 102 Å². The van der Waals surface area contributed by atoms with Gasteiger partial charge in [-0.05, 0) is 45.3 Å². The molecule has 0 saturated carbocycles. The van der Waals surface area contributed by atoms with Gasteiger partial charge in [-0.1, -0.05) is 6.07 Å². The van der Waals surface area contributed by atoms with Gasteiger partial charge >= 0.3 is 0 Å². The summed E-state index contributed by atoms with van der Waals surface area (Å²) in [4.78, 5) is 0. The van der Waals surface area contributed by atoms with Gasteiger partial charge in [0.15, 0.2) is 0 Å². The quantitative estimate of drug-likeness (QED) is 0.922. The highest BCUT2D eigenvalue weighted by Gasteiger charge is 2.01. The van der Waals surface area contributed by atoms with Crippen LogP contribution in [-0.2, 0) is 13.1 Å². The highest BCUT2D eigenvalue weighted by molar-refractivity contribution is 9.10. The Kier molecular flexibility index (Phi) is 3.41. The molecule has 4 heteroatoms. The van der Waals surface area contributed by atoms with Gasteiger partial charge in [0.05, 0.1) is 4.47 Å². The van der Waals surface area contributed by atoms with Crippen LogP contribution in [0, 0.1) is 5.82 Å². The Morgan fingerprint density at radius 1 is 1.25 bits per heavy atom. The lowest BCUT2D eigenvalue weighted by molar-refractivity contribution is 0.619. The predicted molar refractivity (Wildman–Crippen MR) is 65.5 cm³/mol. The van der Waals surface area contributed by atoms with Gasteiger partial charge in [-0.15, -0.1) is 0 Å². The van der Waals surface area contributed by atoms with Crippen molar-refractivity contribution in [2.45, 2.75) is 13.1 Å². The van der Waals surface area contributed by atoms with E-state index in [1.54, 1.807) is 12.1 Å². The first-order chi connectivity index (χ1) is 7.69. The molecule has 0 saturated heterocycles. The van der Waals surface area contributed by atoms with Crippen LogP contribution < -0.4 is 5.73 Å². The molecule has 0 spiro atoms. The highest BCUT2D eigenvalue weighted by Crippen LogP contribution is 2.17. The highest BCUT2D eigenvalue weighted by atomic mass is 79.9. The average molecular weight is 283 g/mol. The average Bonchev–Trinajstić information content (AvgIpc) is 2.71. The molecule has 0 unspecified atom stereocenters. The largest absolute Gasteiger partial charge is 0.350 e. The van der Waals surface area contributed by atoms with Gasteiger partial charge in [0.1, 0.15) is 5.82 Å². The number of halogens is 2. The molecule has 84 valence electrons. The van der Waals surface area contributed by atoms with Gasteiger partial charge in [-0.25, -0.2) is 4.39 Å². The second kappa shape index (κ2) is 4.80. The minimum absolute atomic E-state index is 0.237. The molecule has 1 heterocycles. The van der Waals surface area contributed by atoms with Gasteiger partial charge in [-0.2, -0.15) is 0 Å². The Morgan fingerprint density at radius 2 is 2.06 bits per heavy atom. The summed E-state index contributed by atoms with van der Waals surface area (Å²) >= 11 is 3.17. The molecule has 0 aliphatic carbocycles. The summed E-state index contributed by atoms with van der Waals surface area (Å²) in [6, 6.07) is 7.02. The molecule has 1 aromatic heterocycles. The first kappa shape index (κ1) is 11.4. The molecule has 1 aromatic carbocycles. The summed E-state index contributed by atoms with van der Waals surface area (Å²) < 4.78 is 15.6. The van der Waals surface area contributed by atoms with E-state index in [0.717, 1.165) is 17.7 Å². The summed E-state index contributed by atoms with van der Waals surface area (Å²) in [6.45, 7) is 1.26. The van der Waals surface area contributed by atoms with E-state index >= 15 is 0 Å². The summed E-state index contributed by atoms with van der Waals surface area (Å²) in [6.07, 6.45) is 3.97. The van der Waals surface area contributed by atoms with Crippen LogP contribution >= 0.6 is 15.9 Å². The lowest BCUT2D eigenvalue weighted by Gasteiger charge is -2.04. The molecular formula is C12H12BrFN2. The van der Waals surface area contributed by atoms with Crippen molar-refractivity contribution in [1.82, 2.24) is 4.57 Å². The summed E-state index contributed by atoms with van der Waals surface area (Å²) in [7, 11) is 0. The number of rotatable bonds is 3. The number of nitrogens with zero attached hydrogens (tertiary/aromatic N) is 1. The van der Waals surface area contributed by atoms with E-state index in [-0.39, 0.29) is 5.82 Å². The Morgan fingerprint density at radius 3 is 2.69 bits per heavy atom. The van der Waals surface area contributed by atoms with E-state index in [1.807, 2.05) is 23.0 Å². The van der Waals surface area contributed by atoms with E-state index < -0.39 is 0 Å². The van der Waals surface area contributed by atoms with Gasteiger partial charge in [0.2, 0.25) is 0 Å². The maximum Gasteiger partial charge on any atom is 0.137 e. The maximum atomic E-state index is 13.0. The second-order valence-electron chi connectivity index (χ2n) is 3.64. The predicted octanol–water partition coefficient (Wildman–Crippen LogP) is 2.90. The summed E-state index contributed by atoms with van der Waals surface area (Å²) in [5.41, 5.74) is 7.68. The fraction of sp³-hybridized carbons (Fsp3) is 0.167. The van der Waals surface area contributed by atoms with Crippen molar-refractivity contribution in [2.75, 3.05) is 0 Å². The first-order valence-electron chi connectivity index (χ1n) is 4.97. The molecule has 2 nitrogen and oxygen atoms in total. The zero-order valence-electron chi connectivity index (χ0n) is 8.66. The SMILES string of the molecule is NCc1ccn(Cc2ccc(F)c(Br)c2)c1. The standard InChI is InChI=1S/C12H12BrFN2/c13-11-5-9(1-2-12(11)14)7-16-4-3-10(6-15)8-16/h1-5,8H,6-7,15H2. The molecule has 2 N–H and O–H groups in total. The van der Waals surface area contributed by atoms with Crippen LogP contribution in [-0.4, -0.2) is 4.57 Å².